The molecule has 1 aliphatic carbocycles. The monoisotopic (exact) mass is 421 g/mol. The summed E-state index contributed by atoms with van der Waals surface area (Å²) in [4.78, 5) is 20.6. The van der Waals surface area contributed by atoms with E-state index in [-0.39, 0.29) is 18.3 Å². The van der Waals surface area contributed by atoms with Crippen LogP contribution in [0.1, 0.15) is 48.0 Å². The van der Waals surface area contributed by atoms with Crippen molar-refractivity contribution < 1.29 is 17.9 Å². The molecular weight excluding hydrogens is 390 g/mol. The van der Waals surface area contributed by atoms with Gasteiger partial charge in [0.15, 0.2) is 9.84 Å². The molecule has 4 rings (SSSR count). The highest BCUT2D eigenvalue weighted by Gasteiger charge is 2.54. The number of hydrogen-bond acceptors (Lipinski definition) is 6. The zero-order chi connectivity index (χ0) is 20.6. The van der Waals surface area contributed by atoms with E-state index < -0.39 is 20.7 Å². The van der Waals surface area contributed by atoms with Crippen LogP contribution in [-0.4, -0.2) is 85.0 Å². The Morgan fingerprint density at radius 2 is 2.03 bits per heavy atom. The summed E-state index contributed by atoms with van der Waals surface area (Å²) < 4.78 is 32.0. The molecule has 1 aromatic heterocycles. The second kappa shape index (κ2) is 7.96. The third-order valence-corrected chi connectivity index (χ3v) is 8.98. The van der Waals surface area contributed by atoms with Crippen LogP contribution in [0.3, 0.4) is 0 Å². The van der Waals surface area contributed by atoms with Crippen molar-refractivity contribution in [2.75, 3.05) is 39.0 Å². The van der Waals surface area contributed by atoms with Gasteiger partial charge in [0.2, 0.25) is 0 Å². The zero-order valence-electron chi connectivity index (χ0n) is 17.3. The molecule has 0 radical (unpaired) electrons. The molecule has 1 aromatic rings. The lowest BCUT2D eigenvalue weighted by Gasteiger charge is -2.52. The Kier molecular flexibility index (Phi) is 5.70. The lowest BCUT2D eigenvalue weighted by molar-refractivity contribution is -0.121. The Morgan fingerprint density at radius 3 is 2.69 bits per heavy atom. The van der Waals surface area contributed by atoms with Crippen molar-refractivity contribution >= 4 is 15.7 Å². The molecule has 0 unspecified atom stereocenters. The van der Waals surface area contributed by atoms with Crippen molar-refractivity contribution in [1.29, 1.82) is 0 Å². The number of ether oxygens (including phenoxy) is 1. The Morgan fingerprint density at radius 1 is 1.31 bits per heavy atom. The van der Waals surface area contributed by atoms with E-state index in [4.69, 9.17) is 4.74 Å². The number of pyridine rings is 1. The fourth-order valence-electron chi connectivity index (χ4n) is 4.89. The van der Waals surface area contributed by atoms with Gasteiger partial charge < -0.3 is 14.5 Å². The van der Waals surface area contributed by atoms with E-state index in [2.05, 4.69) is 9.88 Å². The van der Waals surface area contributed by atoms with Crippen LogP contribution in [0.15, 0.2) is 18.5 Å². The molecule has 2 saturated heterocycles. The molecular formula is C21H31N3O4S. The molecule has 0 aromatic carbocycles. The summed E-state index contributed by atoms with van der Waals surface area (Å²) in [6, 6.07) is 2.28. The number of amides is 1. The van der Waals surface area contributed by atoms with E-state index in [1.807, 2.05) is 14.0 Å². The highest BCUT2D eigenvalue weighted by molar-refractivity contribution is 7.92. The van der Waals surface area contributed by atoms with Crippen LogP contribution in [0, 0.1) is 6.92 Å². The predicted molar refractivity (Wildman–Crippen MR) is 111 cm³/mol. The Bertz CT molecular complexity index is 860. The van der Waals surface area contributed by atoms with Crippen LogP contribution < -0.4 is 0 Å². The van der Waals surface area contributed by atoms with Gasteiger partial charge in [0.05, 0.1) is 36.3 Å². The van der Waals surface area contributed by atoms with Gasteiger partial charge in [-0.15, -0.1) is 0 Å². The first-order valence-corrected chi connectivity index (χ1v) is 12.3. The molecule has 3 heterocycles. The molecule has 1 saturated carbocycles. The first-order chi connectivity index (χ1) is 13.8. The SMILES string of the molecule is Cc1ccncc1C(=O)N1CC2(C1)CS(=O)(=O)[C@@H](CN(C)C1CCCCC1)CO2. The van der Waals surface area contributed by atoms with Gasteiger partial charge in [-0.25, -0.2) is 8.42 Å². The summed E-state index contributed by atoms with van der Waals surface area (Å²) in [7, 11) is -1.23. The number of carbonyl (C=O) groups is 1. The number of carbonyl (C=O) groups excluding carboxylic acids is 1. The Hall–Kier alpha value is -1.51. The van der Waals surface area contributed by atoms with E-state index in [0.717, 1.165) is 18.4 Å². The fourth-order valence-corrected chi connectivity index (χ4v) is 6.86. The molecule has 8 heteroatoms. The maximum absolute atomic E-state index is 13.0. The lowest BCUT2D eigenvalue weighted by atomic mass is 9.94. The van der Waals surface area contributed by atoms with E-state index in [1.165, 1.54) is 19.3 Å². The molecule has 1 atom stereocenters. The van der Waals surface area contributed by atoms with Crippen molar-refractivity contribution in [3.63, 3.8) is 0 Å². The molecule has 2 aliphatic heterocycles. The number of rotatable bonds is 4. The van der Waals surface area contributed by atoms with Crippen LogP contribution >= 0.6 is 0 Å². The maximum Gasteiger partial charge on any atom is 0.255 e. The molecule has 0 N–H and O–H groups in total. The molecule has 7 nitrogen and oxygen atoms in total. The van der Waals surface area contributed by atoms with Crippen LogP contribution in [-0.2, 0) is 14.6 Å². The van der Waals surface area contributed by atoms with Gasteiger partial charge in [0.25, 0.3) is 5.91 Å². The fraction of sp³-hybridized carbons (Fsp3) is 0.714. The van der Waals surface area contributed by atoms with Gasteiger partial charge in [-0.2, -0.15) is 0 Å². The summed E-state index contributed by atoms with van der Waals surface area (Å²) in [6.45, 7) is 3.27. The zero-order valence-corrected chi connectivity index (χ0v) is 18.2. The van der Waals surface area contributed by atoms with Crippen molar-refractivity contribution in [3.05, 3.63) is 29.6 Å². The molecule has 29 heavy (non-hydrogen) atoms. The number of aryl methyl sites for hydroxylation is 1. The van der Waals surface area contributed by atoms with Crippen LogP contribution in [0.2, 0.25) is 0 Å². The smallest absolute Gasteiger partial charge is 0.255 e. The molecule has 3 aliphatic rings. The highest BCUT2D eigenvalue weighted by atomic mass is 32.2. The summed E-state index contributed by atoms with van der Waals surface area (Å²) in [6.07, 6.45) is 9.27. The first kappa shape index (κ1) is 20.8. The van der Waals surface area contributed by atoms with Gasteiger partial charge >= 0.3 is 0 Å². The quantitative estimate of drug-likeness (QED) is 0.736. The van der Waals surface area contributed by atoms with Crippen LogP contribution in [0.5, 0.6) is 0 Å². The molecule has 1 amide bonds. The number of sulfone groups is 1. The van der Waals surface area contributed by atoms with E-state index >= 15 is 0 Å². The van der Waals surface area contributed by atoms with Gasteiger partial charge in [0.1, 0.15) is 5.60 Å². The molecule has 160 valence electrons. The minimum atomic E-state index is -3.26. The average molecular weight is 422 g/mol. The molecule has 1 spiro atoms. The predicted octanol–water partition coefficient (Wildman–Crippen LogP) is 1.66. The van der Waals surface area contributed by atoms with Crippen LogP contribution in [0.25, 0.3) is 0 Å². The van der Waals surface area contributed by atoms with Crippen molar-refractivity contribution in [3.8, 4) is 0 Å². The summed E-state index contributed by atoms with van der Waals surface area (Å²) in [5, 5.41) is -0.481. The van der Waals surface area contributed by atoms with Gasteiger partial charge in [-0.05, 0) is 38.4 Å². The number of hydrogen-bond donors (Lipinski definition) is 0. The van der Waals surface area contributed by atoms with E-state index in [1.54, 1.807) is 23.4 Å². The van der Waals surface area contributed by atoms with Crippen molar-refractivity contribution in [2.45, 2.75) is 55.9 Å². The minimum Gasteiger partial charge on any atom is -0.369 e. The molecule has 3 fully saturated rings. The average Bonchev–Trinajstić information content (AvgIpc) is 2.68. The van der Waals surface area contributed by atoms with Gasteiger partial charge in [-0.3, -0.25) is 9.78 Å². The van der Waals surface area contributed by atoms with E-state index in [0.29, 0.717) is 31.2 Å². The summed E-state index contributed by atoms with van der Waals surface area (Å²) >= 11 is 0. The van der Waals surface area contributed by atoms with Crippen molar-refractivity contribution in [1.82, 2.24) is 14.8 Å². The topological polar surface area (TPSA) is 79.8 Å². The van der Waals surface area contributed by atoms with Gasteiger partial charge in [0, 0.05) is 25.0 Å². The van der Waals surface area contributed by atoms with E-state index in [9.17, 15) is 13.2 Å². The first-order valence-electron chi connectivity index (χ1n) is 10.6. The Labute approximate surface area is 173 Å². The standard InChI is InChI=1S/C21H31N3O4S/c1-16-8-9-22-10-19(16)20(25)24-13-21(14-24)15-29(26,27)18(12-28-21)11-23(2)17-6-4-3-5-7-17/h8-10,17-18H,3-7,11-15H2,1-2H3/t18-/m0/s1. The number of aromatic nitrogens is 1. The summed E-state index contributed by atoms with van der Waals surface area (Å²) in [5.74, 6) is -0.111. The van der Waals surface area contributed by atoms with Crippen LogP contribution in [0.4, 0.5) is 0 Å². The maximum atomic E-state index is 13.0. The van der Waals surface area contributed by atoms with Crippen molar-refractivity contribution in [2.24, 2.45) is 0 Å². The number of likely N-dealkylation sites (tertiary alicyclic amines) is 1. The largest absolute Gasteiger partial charge is 0.369 e. The third-order valence-electron chi connectivity index (χ3n) is 6.75. The van der Waals surface area contributed by atoms with Gasteiger partial charge in [-0.1, -0.05) is 19.3 Å². The highest BCUT2D eigenvalue weighted by Crippen LogP contribution is 2.34. The molecule has 0 bridgehead atoms. The Balaban J connectivity index is 1.35. The minimum absolute atomic E-state index is 0.00102. The lowest BCUT2D eigenvalue weighted by Crippen LogP contribution is -2.71. The second-order valence-corrected chi connectivity index (χ2v) is 11.3. The normalized spacial score (nSPS) is 26.4. The summed E-state index contributed by atoms with van der Waals surface area (Å²) in [5.41, 5.74) is 0.687. The number of nitrogens with zero attached hydrogens (tertiary/aromatic N) is 3. The second-order valence-electron chi connectivity index (χ2n) is 9.01. The third kappa shape index (κ3) is 4.20.